The number of ether oxygens (including phenoxy) is 1. The van der Waals surface area contributed by atoms with Crippen molar-refractivity contribution in [2.75, 3.05) is 19.8 Å². The van der Waals surface area contributed by atoms with E-state index in [1.807, 2.05) is 44.2 Å². The average molecular weight is 320 g/mol. The summed E-state index contributed by atoms with van der Waals surface area (Å²) >= 11 is 0. The maximum atomic E-state index is 12.5. The second kappa shape index (κ2) is 8.08. The maximum Gasteiger partial charge on any atom is 0.251 e. The van der Waals surface area contributed by atoms with Gasteiger partial charge in [-0.05, 0) is 25.8 Å². The molecule has 2 N–H and O–H groups in total. The van der Waals surface area contributed by atoms with Crippen molar-refractivity contribution in [1.82, 2.24) is 10.2 Å². The van der Waals surface area contributed by atoms with Crippen LogP contribution in [-0.4, -0.2) is 53.7 Å². The second-order valence-corrected chi connectivity index (χ2v) is 5.85. The van der Waals surface area contributed by atoms with E-state index in [1.165, 1.54) is 0 Å². The highest BCUT2D eigenvalue weighted by atomic mass is 16.5. The maximum absolute atomic E-state index is 12.5. The SMILES string of the molecule is CC(C)N1C(=O)CO[C@H](C(=O)NCCCO)[C@H]1c1ccccc1. The van der Waals surface area contributed by atoms with Crippen LogP contribution in [0.1, 0.15) is 31.9 Å². The van der Waals surface area contributed by atoms with Crippen LogP contribution >= 0.6 is 0 Å². The molecule has 2 rings (SSSR count). The highest BCUT2D eigenvalue weighted by Crippen LogP contribution is 2.32. The van der Waals surface area contributed by atoms with Gasteiger partial charge in [-0.2, -0.15) is 0 Å². The fraction of sp³-hybridized carbons (Fsp3) is 0.529. The summed E-state index contributed by atoms with van der Waals surface area (Å²) < 4.78 is 5.56. The van der Waals surface area contributed by atoms with E-state index < -0.39 is 12.1 Å². The van der Waals surface area contributed by atoms with Crippen LogP contribution in [0.5, 0.6) is 0 Å². The first kappa shape index (κ1) is 17.4. The molecule has 1 aromatic rings. The summed E-state index contributed by atoms with van der Waals surface area (Å²) in [6.07, 6.45) is -0.266. The molecule has 1 aromatic carbocycles. The summed E-state index contributed by atoms with van der Waals surface area (Å²) in [4.78, 5) is 26.5. The molecule has 126 valence electrons. The van der Waals surface area contributed by atoms with E-state index in [4.69, 9.17) is 9.84 Å². The van der Waals surface area contributed by atoms with E-state index >= 15 is 0 Å². The van der Waals surface area contributed by atoms with Crippen molar-refractivity contribution in [1.29, 1.82) is 0 Å². The van der Waals surface area contributed by atoms with Crippen molar-refractivity contribution in [3.63, 3.8) is 0 Å². The van der Waals surface area contributed by atoms with Crippen molar-refractivity contribution < 1.29 is 19.4 Å². The van der Waals surface area contributed by atoms with Gasteiger partial charge in [0.2, 0.25) is 5.91 Å². The highest BCUT2D eigenvalue weighted by Gasteiger charge is 2.42. The number of hydrogen-bond donors (Lipinski definition) is 2. The van der Waals surface area contributed by atoms with E-state index in [0.29, 0.717) is 13.0 Å². The Labute approximate surface area is 136 Å². The highest BCUT2D eigenvalue weighted by molar-refractivity contribution is 5.86. The van der Waals surface area contributed by atoms with Crippen LogP contribution in [0, 0.1) is 0 Å². The molecule has 1 fully saturated rings. The number of amides is 2. The fourth-order valence-corrected chi connectivity index (χ4v) is 2.83. The summed E-state index contributed by atoms with van der Waals surface area (Å²) in [5.41, 5.74) is 0.872. The fourth-order valence-electron chi connectivity index (χ4n) is 2.83. The minimum absolute atomic E-state index is 0.0184. The third-order valence-electron chi connectivity index (χ3n) is 3.85. The molecule has 1 aliphatic rings. The van der Waals surface area contributed by atoms with Gasteiger partial charge in [-0.3, -0.25) is 9.59 Å². The Hall–Kier alpha value is -1.92. The number of hydrogen-bond acceptors (Lipinski definition) is 4. The lowest BCUT2D eigenvalue weighted by atomic mass is 9.96. The minimum atomic E-state index is -0.754. The summed E-state index contributed by atoms with van der Waals surface area (Å²) in [6, 6.07) is 8.97. The molecule has 0 unspecified atom stereocenters. The van der Waals surface area contributed by atoms with Gasteiger partial charge in [0.15, 0.2) is 6.10 Å². The summed E-state index contributed by atoms with van der Waals surface area (Å²) in [6.45, 7) is 4.16. The van der Waals surface area contributed by atoms with Gasteiger partial charge in [-0.25, -0.2) is 0 Å². The van der Waals surface area contributed by atoms with E-state index in [1.54, 1.807) is 4.90 Å². The van der Waals surface area contributed by atoms with E-state index in [0.717, 1.165) is 5.56 Å². The number of aliphatic hydroxyl groups is 1. The number of aliphatic hydroxyl groups excluding tert-OH is 1. The molecule has 6 nitrogen and oxygen atoms in total. The molecule has 0 aromatic heterocycles. The van der Waals surface area contributed by atoms with Crippen LogP contribution < -0.4 is 5.32 Å². The van der Waals surface area contributed by atoms with Gasteiger partial charge in [0, 0.05) is 19.2 Å². The van der Waals surface area contributed by atoms with Gasteiger partial charge in [0.05, 0.1) is 6.04 Å². The Balaban J connectivity index is 2.28. The Bertz CT molecular complexity index is 533. The first-order chi connectivity index (χ1) is 11.1. The van der Waals surface area contributed by atoms with Crippen LogP contribution in [0.25, 0.3) is 0 Å². The molecule has 1 heterocycles. The molecule has 6 heteroatoms. The number of benzene rings is 1. The number of rotatable bonds is 6. The zero-order valence-corrected chi connectivity index (χ0v) is 13.6. The average Bonchev–Trinajstić information content (AvgIpc) is 2.55. The number of carbonyl (C=O) groups excluding carboxylic acids is 2. The molecule has 0 aliphatic carbocycles. The van der Waals surface area contributed by atoms with Crippen LogP contribution in [-0.2, 0) is 14.3 Å². The molecule has 0 spiro atoms. The largest absolute Gasteiger partial charge is 0.396 e. The summed E-state index contributed by atoms with van der Waals surface area (Å²) in [7, 11) is 0. The predicted molar refractivity (Wildman–Crippen MR) is 85.6 cm³/mol. The molecule has 1 saturated heterocycles. The molecular weight excluding hydrogens is 296 g/mol. The third-order valence-corrected chi connectivity index (χ3v) is 3.85. The van der Waals surface area contributed by atoms with Crippen LogP contribution in [0.3, 0.4) is 0 Å². The molecule has 1 aliphatic heterocycles. The topological polar surface area (TPSA) is 78.9 Å². The smallest absolute Gasteiger partial charge is 0.251 e. The molecule has 23 heavy (non-hydrogen) atoms. The number of nitrogens with zero attached hydrogens (tertiary/aromatic N) is 1. The Morgan fingerprint density at radius 1 is 1.39 bits per heavy atom. The van der Waals surface area contributed by atoms with E-state index in [-0.39, 0.29) is 31.1 Å². The molecule has 2 atom stereocenters. The first-order valence-electron chi connectivity index (χ1n) is 7.92. The zero-order valence-electron chi connectivity index (χ0n) is 13.6. The van der Waals surface area contributed by atoms with Crippen LogP contribution in [0.15, 0.2) is 30.3 Å². The quantitative estimate of drug-likeness (QED) is 0.762. The normalized spacial score (nSPS) is 21.6. The Kier molecular flexibility index (Phi) is 6.12. The summed E-state index contributed by atoms with van der Waals surface area (Å²) in [5.74, 6) is -0.376. The first-order valence-corrected chi connectivity index (χ1v) is 7.92. The number of morpholine rings is 1. The van der Waals surface area contributed by atoms with Gasteiger partial charge in [0.25, 0.3) is 5.91 Å². The predicted octanol–water partition coefficient (Wildman–Crippen LogP) is 0.862. The van der Waals surface area contributed by atoms with Crippen molar-refractivity contribution in [3.05, 3.63) is 35.9 Å². The van der Waals surface area contributed by atoms with Gasteiger partial charge >= 0.3 is 0 Å². The van der Waals surface area contributed by atoms with Gasteiger partial charge in [-0.1, -0.05) is 30.3 Å². The van der Waals surface area contributed by atoms with Crippen molar-refractivity contribution >= 4 is 11.8 Å². The van der Waals surface area contributed by atoms with Crippen LogP contribution in [0.2, 0.25) is 0 Å². The van der Waals surface area contributed by atoms with Gasteiger partial charge in [0.1, 0.15) is 6.61 Å². The third kappa shape index (κ3) is 4.09. The second-order valence-electron chi connectivity index (χ2n) is 5.85. The van der Waals surface area contributed by atoms with Crippen LogP contribution in [0.4, 0.5) is 0 Å². The number of nitrogens with one attached hydrogen (secondary N) is 1. The van der Waals surface area contributed by atoms with E-state index in [9.17, 15) is 9.59 Å². The van der Waals surface area contributed by atoms with Crippen molar-refractivity contribution in [3.8, 4) is 0 Å². The lowest BCUT2D eigenvalue weighted by Crippen LogP contribution is -2.56. The Morgan fingerprint density at radius 2 is 2.09 bits per heavy atom. The van der Waals surface area contributed by atoms with Crippen molar-refractivity contribution in [2.24, 2.45) is 0 Å². The molecular formula is C17H24N2O4. The zero-order chi connectivity index (χ0) is 16.8. The minimum Gasteiger partial charge on any atom is -0.396 e. The lowest BCUT2D eigenvalue weighted by Gasteiger charge is -2.42. The molecule has 0 radical (unpaired) electrons. The van der Waals surface area contributed by atoms with E-state index in [2.05, 4.69) is 5.32 Å². The van der Waals surface area contributed by atoms with Gasteiger partial charge < -0.3 is 20.1 Å². The molecule has 0 saturated carbocycles. The van der Waals surface area contributed by atoms with Crippen molar-refractivity contribution in [2.45, 2.75) is 38.5 Å². The molecule has 2 amide bonds. The lowest BCUT2D eigenvalue weighted by molar-refractivity contribution is -0.167. The molecule has 0 bridgehead atoms. The number of carbonyl (C=O) groups is 2. The Morgan fingerprint density at radius 3 is 2.70 bits per heavy atom. The monoisotopic (exact) mass is 320 g/mol. The standard InChI is InChI=1S/C17H24N2O4/c1-12(2)19-14(21)11-23-16(17(22)18-9-6-10-20)15(19)13-7-4-3-5-8-13/h3-5,7-8,12,15-16,20H,6,9-11H2,1-2H3,(H,18,22)/t15-,16+/m1/s1. The van der Waals surface area contributed by atoms with Gasteiger partial charge in [-0.15, -0.1) is 0 Å². The summed E-state index contributed by atoms with van der Waals surface area (Å²) in [5, 5.41) is 11.6.